The summed E-state index contributed by atoms with van der Waals surface area (Å²) in [6.07, 6.45) is 4.42. The Labute approximate surface area is 99.9 Å². The maximum atomic E-state index is 5.83. The summed E-state index contributed by atoms with van der Waals surface area (Å²) in [6, 6.07) is 0.441. The summed E-state index contributed by atoms with van der Waals surface area (Å²) in [4.78, 5) is 0. The topological polar surface area (TPSA) is 30.5 Å². The molecule has 0 radical (unpaired) electrons. The van der Waals surface area contributed by atoms with Crippen LogP contribution < -0.4 is 5.32 Å². The largest absolute Gasteiger partial charge is 0.381 e. The SMILES string of the molecule is CCC(C)CC(NC)C1(OC)CCOCC1. The highest BCUT2D eigenvalue weighted by atomic mass is 16.5. The average molecular weight is 229 g/mol. The Kier molecular flexibility index (Phi) is 5.73. The van der Waals surface area contributed by atoms with Gasteiger partial charge in [0.2, 0.25) is 0 Å². The van der Waals surface area contributed by atoms with Crippen molar-refractivity contribution in [2.45, 2.75) is 51.2 Å². The van der Waals surface area contributed by atoms with Crippen LogP contribution in [0.25, 0.3) is 0 Å². The molecule has 96 valence electrons. The molecule has 1 aliphatic heterocycles. The third-order valence-corrected chi connectivity index (χ3v) is 4.06. The highest BCUT2D eigenvalue weighted by molar-refractivity contribution is 4.94. The lowest BCUT2D eigenvalue weighted by Crippen LogP contribution is -2.54. The molecule has 0 aromatic heterocycles. The molecule has 1 N–H and O–H groups in total. The van der Waals surface area contributed by atoms with Gasteiger partial charge < -0.3 is 14.8 Å². The van der Waals surface area contributed by atoms with Gasteiger partial charge in [0, 0.05) is 39.2 Å². The number of methoxy groups -OCH3 is 1. The molecule has 1 saturated heterocycles. The van der Waals surface area contributed by atoms with Gasteiger partial charge in [0.15, 0.2) is 0 Å². The van der Waals surface area contributed by atoms with Gasteiger partial charge in [-0.15, -0.1) is 0 Å². The molecule has 2 atom stereocenters. The molecule has 1 fully saturated rings. The summed E-state index contributed by atoms with van der Waals surface area (Å²) in [6.45, 7) is 6.22. The molecular formula is C13H27NO2. The minimum Gasteiger partial charge on any atom is -0.381 e. The van der Waals surface area contributed by atoms with Crippen LogP contribution >= 0.6 is 0 Å². The summed E-state index contributed by atoms with van der Waals surface area (Å²) in [7, 11) is 3.88. The minimum atomic E-state index is -0.0174. The summed E-state index contributed by atoms with van der Waals surface area (Å²) >= 11 is 0. The molecule has 3 heteroatoms. The molecule has 0 aromatic carbocycles. The van der Waals surface area contributed by atoms with Crippen LogP contribution in [0, 0.1) is 5.92 Å². The van der Waals surface area contributed by atoms with Crippen molar-refractivity contribution in [3.8, 4) is 0 Å². The Morgan fingerprint density at radius 3 is 2.44 bits per heavy atom. The molecule has 1 rings (SSSR count). The lowest BCUT2D eigenvalue weighted by molar-refractivity contribution is -0.112. The van der Waals surface area contributed by atoms with Gasteiger partial charge in [0.1, 0.15) is 0 Å². The fourth-order valence-corrected chi connectivity index (χ4v) is 2.58. The van der Waals surface area contributed by atoms with Crippen molar-refractivity contribution in [3.63, 3.8) is 0 Å². The Bertz CT molecular complexity index is 190. The second kappa shape index (κ2) is 6.58. The van der Waals surface area contributed by atoms with Crippen molar-refractivity contribution >= 4 is 0 Å². The molecule has 0 aliphatic carbocycles. The van der Waals surface area contributed by atoms with Gasteiger partial charge >= 0.3 is 0 Å². The monoisotopic (exact) mass is 229 g/mol. The fourth-order valence-electron chi connectivity index (χ4n) is 2.58. The number of likely N-dealkylation sites (N-methyl/N-ethyl adjacent to an activating group) is 1. The predicted molar refractivity (Wildman–Crippen MR) is 66.7 cm³/mol. The molecular weight excluding hydrogens is 202 g/mol. The number of ether oxygens (including phenoxy) is 2. The number of hydrogen-bond acceptors (Lipinski definition) is 3. The van der Waals surface area contributed by atoms with E-state index in [9.17, 15) is 0 Å². The zero-order chi connectivity index (χ0) is 12.0. The van der Waals surface area contributed by atoms with Crippen LogP contribution in [0.3, 0.4) is 0 Å². The molecule has 0 amide bonds. The molecule has 0 bridgehead atoms. The van der Waals surface area contributed by atoms with E-state index < -0.39 is 0 Å². The van der Waals surface area contributed by atoms with Crippen molar-refractivity contribution in [3.05, 3.63) is 0 Å². The lowest BCUT2D eigenvalue weighted by atomic mass is 9.81. The first kappa shape index (κ1) is 13.9. The van der Waals surface area contributed by atoms with Gasteiger partial charge in [-0.05, 0) is 19.4 Å². The summed E-state index contributed by atoms with van der Waals surface area (Å²) in [5, 5.41) is 3.45. The van der Waals surface area contributed by atoms with Crippen molar-refractivity contribution in [1.29, 1.82) is 0 Å². The predicted octanol–water partition coefficient (Wildman–Crippen LogP) is 2.21. The van der Waals surface area contributed by atoms with Crippen LogP contribution in [0.2, 0.25) is 0 Å². The number of rotatable bonds is 6. The van der Waals surface area contributed by atoms with E-state index in [1.807, 2.05) is 14.2 Å². The van der Waals surface area contributed by atoms with Crippen LogP contribution in [0.15, 0.2) is 0 Å². The Morgan fingerprint density at radius 2 is 2.00 bits per heavy atom. The van der Waals surface area contributed by atoms with Gasteiger partial charge in [0.25, 0.3) is 0 Å². The molecule has 0 saturated carbocycles. The zero-order valence-corrected chi connectivity index (χ0v) is 11.2. The van der Waals surface area contributed by atoms with E-state index in [4.69, 9.17) is 9.47 Å². The molecule has 0 aromatic rings. The van der Waals surface area contributed by atoms with Crippen molar-refractivity contribution < 1.29 is 9.47 Å². The van der Waals surface area contributed by atoms with Crippen molar-refractivity contribution in [1.82, 2.24) is 5.32 Å². The van der Waals surface area contributed by atoms with Crippen LogP contribution in [0.4, 0.5) is 0 Å². The van der Waals surface area contributed by atoms with Gasteiger partial charge in [-0.25, -0.2) is 0 Å². The summed E-state index contributed by atoms with van der Waals surface area (Å²) in [5.41, 5.74) is -0.0174. The highest BCUT2D eigenvalue weighted by Gasteiger charge is 2.40. The third kappa shape index (κ3) is 3.19. The number of hydrogen-bond donors (Lipinski definition) is 1. The molecule has 16 heavy (non-hydrogen) atoms. The van der Waals surface area contributed by atoms with E-state index in [0.29, 0.717) is 6.04 Å². The van der Waals surface area contributed by atoms with Gasteiger partial charge in [-0.1, -0.05) is 20.3 Å². The van der Waals surface area contributed by atoms with E-state index in [1.165, 1.54) is 12.8 Å². The fraction of sp³-hybridized carbons (Fsp3) is 1.00. The van der Waals surface area contributed by atoms with Crippen LogP contribution in [-0.4, -0.2) is 39.0 Å². The Balaban J connectivity index is 2.65. The number of nitrogens with one attached hydrogen (secondary N) is 1. The molecule has 0 spiro atoms. The molecule has 2 unspecified atom stereocenters. The van der Waals surface area contributed by atoms with E-state index in [-0.39, 0.29) is 5.60 Å². The highest BCUT2D eigenvalue weighted by Crippen LogP contribution is 2.31. The second-order valence-electron chi connectivity index (χ2n) is 4.97. The maximum Gasteiger partial charge on any atom is 0.0874 e. The molecule has 3 nitrogen and oxygen atoms in total. The van der Waals surface area contributed by atoms with E-state index in [0.717, 1.165) is 32.0 Å². The van der Waals surface area contributed by atoms with Crippen LogP contribution in [-0.2, 0) is 9.47 Å². The first-order chi connectivity index (χ1) is 7.68. The molecule has 1 heterocycles. The van der Waals surface area contributed by atoms with E-state index in [1.54, 1.807) is 0 Å². The third-order valence-electron chi connectivity index (χ3n) is 4.06. The first-order valence-electron chi connectivity index (χ1n) is 6.48. The Hall–Kier alpha value is -0.120. The maximum absolute atomic E-state index is 5.83. The molecule has 1 aliphatic rings. The van der Waals surface area contributed by atoms with Gasteiger partial charge in [0.05, 0.1) is 5.60 Å². The standard InChI is InChI=1S/C13H27NO2/c1-5-11(2)10-12(14-3)13(15-4)6-8-16-9-7-13/h11-12,14H,5-10H2,1-4H3. The van der Waals surface area contributed by atoms with E-state index in [2.05, 4.69) is 19.2 Å². The lowest BCUT2D eigenvalue weighted by Gasteiger charge is -2.43. The van der Waals surface area contributed by atoms with Crippen molar-refractivity contribution in [2.75, 3.05) is 27.4 Å². The quantitative estimate of drug-likeness (QED) is 0.757. The van der Waals surface area contributed by atoms with Crippen molar-refractivity contribution in [2.24, 2.45) is 5.92 Å². The van der Waals surface area contributed by atoms with Gasteiger partial charge in [-0.2, -0.15) is 0 Å². The van der Waals surface area contributed by atoms with Crippen LogP contribution in [0.1, 0.15) is 39.5 Å². The first-order valence-corrected chi connectivity index (χ1v) is 6.48. The van der Waals surface area contributed by atoms with E-state index >= 15 is 0 Å². The normalized spacial score (nSPS) is 24.0. The van der Waals surface area contributed by atoms with Gasteiger partial charge in [-0.3, -0.25) is 0 Å². The Morgan fingerprint density at radius 1 is 1.38 bits per heavy atom. The minimum absolute atomic E-state index is 0.0174. The van der Waals surface area contributed by atoms with Crippen LogP contribution in [0.5, 0.6) is 0 Å². The zero-order valence-electron chi connectivity index (χ0n) is 11.2. The second-order valence-corrected chi connectivity index (χ2v) is 4.97. The smallest absolute Gasteiger partial charge is 0.0874 e. The summed E-state index contributed by atoms with van der Waals surface area (Å²) in [5.74, 6) is 0.743. The summed E-state index contributed by atoms with van der Waals surface area (Å²) < 4.78 is 11.3. The average Bonchev–Trinajstić information content (AvgIpc) is 2.36.